The summed E-state index contributed by atoms with van der Waals surface area (Å²) in [6, 6.07) is 9.57. The Morgan fingerprint density at radius 1 is 1.00 bits per heavy atom. The van der Waals surface area contributed by atoms with E-state index in [1.54, 1.807) is 20.4 Å². The third-order valence-corrected chi connectivity index (χ3v) is 2.96. The zero-order valence-corrected chi connectivity index (χ0v) is 12.6. The highest BCUT2D eigenvalue weighted by molar-refractivity contribution is 5.65. The number of hydrogen-bond acceptors (Lipinski definition) is 5. The second-order valence-corrected chi connectivity index (χ2v) is 4.58. The van der Waals surface area contributed by atoms with Crippen LogP contribution in [0.15, 0.2) is 36.5 Å². The highest BCUT2D eigenvalue weighted by Gasteiger charge is 2.03. The summed E-state index contributed by atoms with van der Waals surface area (Å²) in [4.78, 5) is 4.29. The van der Waals surface area contributed by atoms with Crippen LogP contribution in [0.5, 0.6) is 11.5 Å². The van der Waals surface area contributed by atoms with Crippen LogP contribution < -0.4 is 20.1 Å². The minimum atomic E-state index is 0.746. The van der Waals surface area contributed by atoms with Gasteiger partial charge >= 0.3 is 0 Å². The molecule has 0 saturated heterocycles. The van der Waals surface area contributed by atoms with E-state index in [9.17, 15) is 0 Å². The summed E-state index contributed by atoms with van der Waals surface area (Å²) in [6.45, 7) is 3.03. The van der Waals surface area contributed by atoms with Crippen LogP contribution in [0, 0.1) is 0 Å². The van der Waals surface area contributed by atoms with Gasteiger partial charge in [-0.3, -0.25) is 0 Å². The third kappa shape index (κ3) is 4.27. The first-order chi connectivity index (χ1) is 10.2. The molecule has 5 heteroatoms. The van der Waals surface area contributed by atoms with Crippen molar-refractivity contribution in [2.45, 2.75) is 13.3 Å². The predicted molar refractivity (Wildman–Crippen MR) is 85.8 cm³/mol. The van der Waals surface area contributed by atoms with Crippen LogP contribution in [0.1, 0.15) is 13.3 Å². The summed E-state index contributed by atoms with van der Waals surface area (Å²) in [5.74, 6) is 2.35. The van der Waals surface area contributed by atoms with Gasteiger partial charge in [-0.2, -0.15) is 0 Å². The van der Waals surface area contributed by atoms with Crippen molar-refractivity contribution in [2.24, 2.45) is 0 Å². The lowest BCUT2D eigenvalue weighted by atomic mass is 10.2. The predicted octanol–water partition coefficient (Wildman–Crippen LogP) is 3.66. The van der Waals surface area contributed by atoms with Gasteiger partial charge in [0.2, 0.25) is 0 Å². The van der Waals surface area contributed by atoms with Crippen LogP contribution in [0.4, 0.5) is 17.2 Å². The molecule has 1 aromatic carbocycles. The number of benzene rings is 1. The molecule has 112 valence electrons. The van der Waals surface area contributed by atoms with Crippen molar-refractivity contribution in [3.63, 3.8) is 0 Å². The molecule has 0 fully saturated rings. The number of methoxy groups -OCH3 is 2. The number of anilines is 3. The summed E-state index contributed by atoms with van der Waals surface area (Å²) in [6.07, 6.45) is 2.84. The maximum Gasteiger partial charge on any atom is 0.127 e. The molecule has 0 amide bonds. The Morgan fingerprint density at radius 2 is 1.71 bits per heavy atom. The van der Waals surface area contributed by atoms with Gasteiger partial charge in [-0.25, -0.2) is 4.98 Å². The Bertz CT molecular complexity index is 565. The zero-order chi connectivity index (χ0) is 15.1. The summed E-state index contributed by atoms with van der Waals surface area (Å²) in [7, 11) is 3.27. The summed E-state index contributed by atoms with van der Waals surface area (Å²) in [5, 5.41) is 6.60. The third-order valence-electron chi connectivity index (χ3n) is 2.96. The number of nitrogens with zero attached hydrogens (tertiary/aromatic N) is 1. The lowest BCUT2D eigenvalue weighted by Crippen LogP contribution is -2.02. The number of aromatic nitrogens is 1. The standard InChI is InChI=1S/C16H21N3O2/c1-4-6-17-16-10-12(5-7-18-16)19-13-8-14(20-2)11-15(9-13)21-3/h5,7-11H,4,6H2,1-3H3,(H2,17,18,19). The molecule has 1 aromatic heterocycles. The minimum absolute atomic E-state index is 0.746. The van der Waals surface area contributed by atoms with Crippen LogP contribution in [0.2, 0.25) is 0 Å². The Balaban J connectivity index is 2.17. The highest BCUT2D eigenvalue weighted by Crippen LogP contribution is 2.28. The van der Waals surface area contributed by atoms with Gasteiger partial charge in [-0.15, -0.1) is 0 Å². The Hall–Kier alpha value is -2.43. The summed E-state index contributed by atoms with van der Waals surface area (Å²) >= 11 is 0. The normalized spacial score (nSPS) is 10.0. The number of nitrogens with one attached hydrogen (secondary N) is 2. The molecule has 21 heavy (non-hydrogen) atoms. The average molecular weight is 287 g/mol. The molecule has 0 aliphatic rings. The van der Waals surface area contributed by atoms with Crippen LogP contribution in [-0.4, -0.2) is 25.7 Å². The quantitative estimate of drug-likeness (QED) is 0.814. The molecule has 0 saturated carbocycles. The molecule has 0 aliphatic heterocycles. The second-order valence-electron chi connectivity index (χ2n) is 4.58. The zero-order valence-electron chi connectivity index (χ0n) is 12.6. The van der Waals surface area contributed by atoms with Crippen LogP contribution in [0.3, 0.4) is 0 Å². The fourth-order valence-electron chi connectivity index (χ4n) is 1.90. The molecule has 0 aliphatic carbocycles. The van der Waals surface area contributed by atoms with Crippen LogP contribution >= 0.6 is 0 Å². The van der Waals surface area contributed by atoms with Gasteiger partial charge in [0.05, 0.1) is 14.2 Å². The Kier molecular flexibility index (Phi) is 5.26. The molecule has 0 atom stereocenters. The highest BCUT2D eigenvalue weighted by atomic mass is 16.5. The van der Waals surface area contributed by atoms with Gasteiger partial charge in [0.25, 0.3) is 0 Å². The van der Waals surface area contributed by atoms with E-state index in [4.69, 9.17) is 9.47 Å². The maximum absolute atomic E-state index is 5.27. The van der Waals surface area contributed by atoms with E-state index in [1.807, 2.05) is 30.3 Å². The van der Waals surface area contributed by atoms with Gasteiger partial charge in [-0.05, 0) is 12.5 Å². The molecule has 1 heterocycles. The van der Waals surface area contributed by atoms with Crippen molar-refractivity contribution in [1.82, 2.24) is 4.98 Å². The van der Waals surface area contributed by atoms with Gasteiger partial charge in [0.15, 0.2) is 0 Å². The molecule has 0 unspecified atom stereocenters. The fraction of sp³-hybridized carbons (Fsp3) is 0.312. The van der Waals surface area contributed by atoms with Gasteiger partial charge in [-0.1, -0.05) is 6.92 Å². The monoisotopic (exact) mass is 287 g/mol. The number of pyridine rings is 1. The van der Waals surface area contributed by atoms with E-state index in [2.05, 4.69) is 22.5 Å². The number of ether oxygens (including phenoxy) is 2. The largest absolute Gasteiger partial charge is 0.497 e. The second kappa shape index (κ2) is 7.38. The smallest absolute Gasteiger partial charge is 0.127 e. The van der Waals surface area contributed by atoms with Gasteiger partial charge in [0.1, 0.15) is 17.3 Å². The van der Waals surface area contributed by atoms with E-state index >= 15 is 0 Å². The number of hydrogen-bond donors (Lipinski definition) is 2. The molecule has 2 N–H and O–H groups in total. The Labute approximate surface area is 125 Å². The van der Waals surface area contributed by atoms with Crippen molar-refractivity contribution < 1.29 is 9.47 Å². The van der Waals surface area contributed by atoms with E-state index < -0.39 is 0 Å². The van der Waals surface area contributed by atoms with Crippen molar-refractivity contribution in [2.75, 3.05) is 31.4 Å². The maximum atomic E-state index is 5.27. The summed E-state index contributed by atoms with van der Waals surface area (Å²) in [5.41, 5.74) is 1.86. The van der Waals surface area contributed by atoms with Crippen molar-refractivity contribution in [3.8, 4) is 11.5 Å². The first-order valence-electron chi connectivity index (χ1n) is 6.95. The van der Waals surface area contributed by atoms with E-state index in [1.165, 1.54) is 0 Å². The molecule has 0 spiro atoms. The van der Waals surface area contributed by atoms with Crippen molar-refractivity contribution >= 4 is 17.2 Å². The fourth-order valence-corrected chi connectivity index (χ4v) is 1.90. The van der Waals surface area contributed by atoms with Crippen LogP contribution in [0.25, 0.3) is 0 Å². The molecule has 2 aromatic rings. The van der Waals surface area contributed by atoms with Crippen molar-refractivity contribution in [3.05, 3.63) is 36.5 Å². The first-order valence-corrected chi connectivity index (χ1v) is 6.95. The van der Waals surface area contributed by atoms with Gasteiger partial charge < -0.3 is 20.1 Å². The first kappa shape index (κ1) is 15.0. The van der Waals surface area contributed by atoms with E-state index in [0.717, 1.165) is 41.7 Å². The molecular formula is C16H21N3O2. The minimum Gasteiger partial charge on any atom is -0.497 e. The van der Waals surface area contributed by atoms with Crippen molar-refractivity contribution in [1.29, 1.82) is 0 Å². The average Bonchev–Trinajstić information content (AvgIpc) is 2.52. The van der Waals surface area contributed by atoms with E-state index in [0.29, 0.717) is 0 Å². The molecular weight excluding hydrogens is 266 g/mol. The molecule has 2 rings (SSSR count). The SMILES string of the molecule is CCCNc1cc(Nc2cc(OC)cc(OC)c2)ccn1. The molecule has 0 radical (unpaired) electrons. The lowest BCUT2D eigenvalue weighted by Gasteiger charge is -2.11. The van der Waals surface area contributed by atoms with Gasteiger partial charge in [0, 0.05) is 48.4 Å². The van der Waals surface area contributed by atoms with E-state index in [-0.39, 0.29) is 0 Å². The molecule has 0 bridgehead atoms. The summed E-state index contributed by atoms with van der Waals surface area (Å²) < 4.78 is 10.5. The molecule has 5 nitrogen and oxygen atoms in total. The topological polar surface area (TPSA) is 55.4 Å². The lowest BCUT2D eigenvalue weighted by molar-refractivity contribution is 0.395. The Morgan fingerprint density at radius 3 is 2.33 bits per heavy atom. The number of rotatable bonds is 7. The van der Waals surface area contributed by atoms with Crippen LogP contribution in [-0.2, 0) is 0 Å².